The lowest BCUT2D eigenvalue weighted by Gasteiger charge is -2.13. The summed E-state index contributed by atoms with van der Waals surface area (Å²) in [5.41, 5.74) is 2.25. The second kappa shape index (κ2) is 13.1. The molecule has 0 amide bonds. The van der Waals surface area contributed by atoms with E-state index in [1.807, 2.05) is 24.3 Å². The Morgan fingerprint density at radius 1 is 0.741 bits per heavy atom. The normalized spacial score (nSPS) is 10.6. The Morgan fingerprint density at radius 2 is 1.52 bits per heavy atom. The van der Waals surface area contributed by atoms with E-state index in [0.29, 0.717) is 0 Å². The van der Waals surface area contributed by atoms with E-state index in [1.54, 1.807) is 0 Å². The molecule has 0 fully saturated rings. The lowest BCUT2D eigenvalue weighted by molar-refractivity contribution is 0.304. The third-order valence-corrected chi connectivity index (χ3v) is 4.56. The molecule has 2 rings (SSSR count). The number of unbranched alkanes of at least 4 members (excludes halogenated alkanes) is 5. The first-order valence-corrected chi connectivity index (χ1v) is 10.5. The van der Waals surface area contributed by atoms with Crippen molar-refractivity contribution in [1.29, 1.82) is 0 Å². The van der Waals surface area contributed by atoms with Crippen molar-refractivity contribution >= 4 is 5.69 Å². The molecule has 0 aliphatic rings. The van der Waals surface area contributed by atoms with E-state index in [0.717, 1.165) is 56.2 Å². The quantitative estimate of drug-likeness (QED) is 0.370. The SMILES string of the molecule is CCCCCCCOc1cccc(NCc2ccccc2OCCCC)c1. The van der Waals surface area contributed by atoms with Crippen LogP contribution in [0.15, 0.2) is 48.5 Å². The molecule has 0 aliphatic heterocycles. The molecule has 2 aromatic rings. The molecule has 2 aromatic carbocycles. The van der Waals surface area contributed by atoms with E-state index < -0.39 is 0 Å². The standard InChI is InChI=1S/C24H35NO2/c1-3-5-7-8-11-18-26-23-15-12-14-22(19-23)25-20-21-13-9-10-16-24(21)27-17-6-4-2/h9-10,12-16,19,25H,3-8,11,17-18,20H2,1-2H3. The van der Waals surface area contributed by atoms with E-state index in [9.17, 15) is 0 Å². The van der Waals surface area contributed by atoms with Crippen molar-refractivity contribution in [3.63, 3.8) is 0 Å². The van der Waals surface area contributed by atoms with Crippen LogP contribution in [-0.2, 0) is 6.54 Å². The first-order chi connectivity index (χ1) is 13.3. The number of hydrogen-bond donors (Lipinski definition) is 1. The van der Waals surface area contributed by atoms with Crippen molar-refractivity contribution in [2.45, 2.75) is 65.3 Å². The third kappa shape index (κ3) is 8.38. The van der Waals surface area contributed by atoms with Gasteiger partial charge in [-0.1, -0.05) is 70.2 Å². The van der Waals surface area contributed by atoms with Gasteiger partial charge in [-0.25, -0.2) is 0 Å². The summed E-state index contributed by atoms with van der Waals surface area (Å²) >= 11 is 0. The van der Waals surface area contributed by atoms with Gasteiger partial charge < -0.3 is 14.8 Å². The highest BCUT2D eigenvalue weighted by Crippen LogP contribution is 2.22. The van der Waals surface area contributed by atoms with Crippen LogP contribution >= 0.6 is 0 Å². The van der Waals surface area contributed by atoms with Crippen molar-refractivity contribution in [2.24, 2.45) is 0 Å². The van der Waals surface area contributed by atoms with Gasteiger partial charge in [0.2, 0.25) is 0 Å². The van der Waals surface area contributed by atoms with Crippen LogP contribution in [0.2, 0.25) is 0 Å². The van der Waals surface area contributed by atoms with Crippen LogP contribution in [0.1, 0.15) is 64.4 Å². The van der Waals surface area contributed by atoms with Gasteiger partial charge in [0.15, 0.2) is 0 Å². The summed E-state index contributed by atoms with van der Waals surface area (Å²) in [7, 11) is 0. The molecular weight excluding hydrogens is 334 g/mol. The van der Waals surface area contributed by atoms with Crippen LogP contribution in [0.25, 0.3) is 0 Å². The van der Waals surface area contributed by atoms with Gasteiger partial charge in [-0.05, 0) is 31.0 Å². The molecule has 0 aromatic heterocycles. The van der Waals surface area contributed by atoms with Crippen molar-refractivity contribution < 1.29 is 9.47 Å². The molecule has 3 heteroatoms. The van der Waals surface area contributed by atoms with Crippen molar-refractivity contribution in [1.82, 2.24) is 0 Å². The Labute approximate surface area is 165 Å². The number of benzene rings is 2. The van der Waals surface area contributed by atoms with Crippen LogP contribution < -0.4 is 14.8 Å². The fourth-order valence-electron chi connectivity index (χ4n) is 2.91. The van der Waals surface area contributed by atoms with Crippen molar-refractivity contribution in [3.8, 4) is 11.5 Å². The molecule has 0 saturated heterocycles. The van der Waals surface area contributed by atoms with Gasteiger partial charge in [0.25, 0.3) is 0 Å². The number of ether oxygens (including phenoxy) is 2. The topological polar surface area (TPSA) is 30.5 Å². The summed E-state index contributed by atoms with van der Waals surface area (Å²) in [4.78, 5) is 0. The van der Waals surface area contributed by atoms with Crippen LogP contribution in [-0.4, -0.2) is 13.2 Å². The molecule has 0 saturated carbocycles. The summed E-state index contributed by atoms with van der Waals surface area (Å²) in [5.74, 6) is 1.90. The van der Waals surface area contributed by atoms with Crippen LogP contribution in [0, 0.1) is 0 Å². The number of anilines is 1. The molecule has 0 radical (unpaired) electrons. The Balaban J connectivity index is 1.81. The second-order valence-electron chi connectivity index (χ2n) is 6.95. The Kier molecular flexibility index (Phi) is 10.2. The predicted molar refractivity (Wildman–Crippen MR) is 115 cm³/mol. The molecule has 0 heterocycles. The van der Waals surface area contributed by atoms with Gasteiger partial charge in [0.05, 0.1) is 13.2 Å². The van der Waals surface area contributed by atoms with E-state index in [2.05, 4.69) is 43.4 Å². The van der Waals surface area contributed by atoms with Crippen LogP contribution in [0.4, 0.5) is 5.69 Å². The maximum Gasteiger partial charge on any atom is 0.124 e. The number of rotatable bonds is 14. The molecule has 0 unspecified atom stereocenters. The fraction of sp³-hybridized carbons (Fsp3) is 0.500. The Bertz CT molecular complexity index is 642. The van der Waals surface area contributed by atoms with E-state index >= 15 is 0 Å². The zero-order chi connectivity index (χ0) is 19.2. The summed E-state index contributed by atoms with van der Waals surface area (Å²) in [6.45, 7) is 6.72. The Hall–Kier alpha value is -2.16. The first kappa shape index (κ1) is 21.1. The van der Waals surface area contributed by atoms with Gasteiger partial charge >= 0.3 is 0 Å². The van der Waals surface area contributed by atoms with Gasteiger partial charge in [0, 0.05) is 23.9 Å². The van der Waals surface area contributed by atoms with Crippen LogP contribution in [0.3, 0.4) is 0 Å². The molecule has 3 nitrogen and oxygen atoms in total. The maximum atomic E-state index is 5.92. The lowest BCUT2D eigenvalue weighted by Crippen LogP contribution is -2.04. The molecule has 0 spiro atoms. The lowest BCUT2D eigenvalue weighted by atomic mass is 10.2. The monoisotopic (exact) mass is 369 g/mol. The summed E-state index contributed by atoms with van der Waals surface area (Å²) < 4.78 is 11.8. The minimum Gasteiger partial charge on any atom is -0.494 e. The van der Waals surface area contributed by atoms with E-state index in [4.69, 9.17) is 9.47 Å². The van der Waals surface area contributed by atoms with Crippen LogP contribution in [0.5, 0.6) is 11.5 Å². The molecule has 1 N–H and O–H groups in total. The molecular formula is C24H35NO2. The van der Waals surface area contributed by atoms with Gasteiger partial charge in [-0.3, -0.25) is 0 Å². The molecule has 0 bridgehead atoms. The number of nitrogens with one attached hydrogen (secondary N) is 1. The Morgan fingerprint density at radius 3 is 2.37 bits per heavy atom. The molecule has 0 aliphatic carbocycles. The average molecular weight is 370 g/mol. The smallest absolute Gasteiger partial charge is 0.124 e. The van der Waals surface area contributed by atoms with Crippen molar-refractivity contribution in [2.75, 3.05) is 18.5 Å². The van der Waals surface area contributed by atoms with E-state index in [1.165, 1.54) is 31.2 Å². The first-order valence-electron chi connectivity index (χ1n) is 10.5. The fourth-order valence-corrected chi connectivity index (χ4v) is 2.91. The summed E-state index contributed by atoms with van der Waals surface area (Å²) in [5, 5.41) is 3.49. The molecule has 148 valence electrons. The van der Waals surface area contributed by atoms with Crippen molar-refractivity contribution in [3.05, 3.63) is 54.1 Å². The largest absolute Gasteiger partial charge is 0.494 e. The second-order valence-corrected chi connectivity index (χ2v) is 6.95. The summed E-state index contributed by atoms with van der Waals surface area (Å²) in [6.07, 6.45) is 8.51. The highest BCUT2D eigenvalue weighted by molar-refractivity contribution is 5.49. The predicted octanol–water partition coefficient (Wildman–Crippen LogP) is 6.83. The maximum absolute atomic E-state index is 5.92. The van der Waals surface area contributed by atoms with Gasteiger partial charge in [-0.2, -0.15) is 0 Å². The summed E-state index contributed by atoms with van der Waals surface area (Å²) in [6, 6.07) is 16.5. The third-order valence-electron chi connectivity index (χ3n) is 4.56. The van der Waals surface area contributed by atoms with Gasteiger partial charge in [0.1, 0.15) is 11.5 Å². The van der Waals surface area contributed by atoms with Gasteiger partial charge in [-0.15, -0.1) is 0 Å². The number of para-hydroxylation sites is 1. The van der Waals surface area contributed by atoms with E-state index in [-0.39, 0.29) is 0 Å². The minimum absolute atomic E-state index is 0.739. The highest BCUT2D eigenvalue weighted by Gasteiger charge is 2.04. The molecule has 0 atom stereocenters. The minimum atomic E-state index is 0.739. The highest BCUT2D eigenvalue weighted by atomic mass is 16.5. The number of hydrogen-bond acceptors (Lipinski definition) is 3. The zero-order valence-corrected chi connectivity index (χ0v) is 17.0. The zero-order valence-electron chi connectivity index (χ0n) is 17.0. The molecule has 27 heavy (non-hydrogen) atoms. The average Bonchev–Trinajstić information content (AvgIpc) is 2.70.